The second-order valence-electron chi connectivity index (χ2n) is 6.65. The molecule has 2 aromatic rings. The number of carbonyl (C=O) groups is 2. The summed E-state index contributed by atoms with van der Waals surface area (Å²) in [7, 11) is 3.14. The predicted octanol–water partition coefficient (Wildman–Crippen LogP) is 4.72. The molecule has 1 fully saturated rings. The van der Waals surface area contributed by atoms with Crippen LogP contribution in [-0.2, 0) is 14.3 Å². The third-order valence-electron chi connectivity index (χ3n) is 4.36. The normalized spacial score (nSPS) is 16.0. The number of aliphatic imine (C=N–C) groups is 1. The van der Waals surface area contributed by atoms with Crippen molar-refractivity contribution in [2.75, 3.05) is 34.0 Å². The van der Waals surface area contributed by atoms with Gasteiger partial charge in [0.05, 0.1) is 40.9 Å². The largest absolute Gasteiger partial charge is 0.497 e. The van der Waals surface area contributed by atoms with E-state index >= 15 is 0 Å². The highest BCUT2D eigenvalue weighted by Crippen LogP contribution is 2.38. The topological polar surface area (TPSA) is 97.7 Å². The molecule has 33 heavy (non-hydrogen) atoms. The summed E-state index contributed by atoms with van der Waals surface area (Å²) in [6.45, 7) is 0.0977. The first kappa shape index (κ1) is 24.9. The van der Waals surface area contributed by atoms with Gasteiger partial charge in [-0.05, 0) is 59.8 Å². The number of aliphatic carboxylic acids is 1. The van der Waals surface area contributed by atoms with Crippen LogP contribution in [0.1, 0.15) is 5.56 Å². The zero-order valence-corrected chi connectivity index (χ0v) is 20.0. The Hall–Kier alpha value is -2.72. The van der Waals surface area contributed by atoms with E-state index in [1.54, 1.807) is 56.7 Å². The summed E-state index contributed by atoms with van der Waals surface area (Å²) >= 11 is 13.6. The molecule has 0 bridgehead atoms. The molecule has 0 spiro atoms. The van der Waals surface area contributed by atoms with Gasteiger partial charge in [0.2, 0.25) is 0 Å². The molecule has 3 rings (SSSR count). The number of nitrogens with zero attached hydrogens (tertiary/aromatic N) is 2. The molecule has 0 radical (unpaired) electrons. The number of carboxylic acid groups (broad SMARTS) is 1. The Kier molecular flexibility index (Phi) is 8.62. The minimum absolute atomic E-state index is 0.0664. The molecule has 0 aromatic heterocycles. The number of amides is 1. The molecular formula is C22H20Cl2N2O6S. The van der Waals surface area contributed by atoms with Gasteiger partial charge >= 0.3 is 5.97 Å². The standard InChI is InChI=1S/C22H20Cl2N2O6S/c1-30-8-7-26-21(29)18(33-22(26)25-14-3-5-15(31-2)6-4-14)11-13-9-16(23)20(17(24)10-13)32-12-19(27)28/h3-6,9-11H,7-8,12H2,1-2H3,(H,27,28)/b18-11-,25-22?. The summed E-state index contributed by atoms with van der Waals surface area (Å²) in [5.74, 6) is -0.615. The number of ether oxygens (including phenoxy) is 3. The Balaban J connectivity index is 1.90. The lowest BCUT2D eigenvalue weighted by molar-refractivity contribution is -0.139. The minimum atomic E-state index is -1.15. The SMILES string of the molecule is COCCN1C(=O)/C(=C/c2cc(Cl)c(OCC(=O)O)c(Cl)c2)SC1=Nc1ccc(OC)cc1. The monoisotopic (exact) mass is 510 g/mol. The highest BCUT2D eigenvalue weighted by molar-refractivity contribution is 8.18. The third-order valence-corrected chi connectivity index (χ3v) is 5.93. The predicted molar refractivity (Wildman–Crippen MR) is 129 cm³/mol. The molecule has 0 aliphatic carbocycles. The molecule has 0 unspecified atom stereocenters. The van der Waals surface area contributed by atoms with Crippen molar-refractivity contribution >= 4 is 63.8 Å². The van der Waals surface area contributed by atoms with Gasteiger partial charge in [-0.15, -0.1) is 0 Å². The lowest BCUT2D eigenvalue weighted by Gasteiger charge is -2.14. The highest BCUT2D eigenvalue weighted by Gasteiger charge is 2.33. The van der Waals surface area contributed by atoms with Crippen LogP contribution in [-0.4, -0.2) is 61.0 Å². The van der Waals surface area contributed by atoms with E-state index in [0.717, 1.165) is 0 Å². The van der Waals surface area contributed by atoms with E-state index in [1.165, 1.54) is 16.7 Å². The number of benzene rings is 2. The molecule has 11 heteroatoms. The van der Waals surface area contributed by atoms with Crippen LogP contribution in [0.25, 0.3) is 6.08 Å². The molecular weight excluding hydrogens is 491 g/mol. The van der Waals surface area contributed by atoms with E-state index in [1.807, 2.05) is 0 Å². The summed E-state index contributed by atoms with van der Waals surface area (Å²) < 4.78 is 15.4. The van der Waals surface area contributed by atoms with Crippen molar-refractivity contribution in [3.63, 3.8) is 0 Å². The van der Waals surface area contributed by atoms with Gasteiger partial charge in [0, 0.05) is 7.11 Å². The number of rotatable bonds is 9. The molecule has 1 heterocycles. The number of methoxy groups -OCH3 is 2. The molecule has 0 saturated carbocycles. The van der Waals surface area contributed by atoms with Crippen molar-refractivity contribution in [2.45, 2.75) is 0 Å². The van der Waals surface area contributed by atoms with Crippen molar-refractivity contribution in [2.24, 2.45) is 4.99 Å². The second kappa shape index (κ2) is 11.4. The van der Waals surface area contributed by atoms with Crippen LogP contribution in [0.4, 0.5) is 5.69 Å². The Morgan fingerprint density at radius 1 is 1.18 bits per heavy atom. The summed E-state index contributed by atoms with van der Waals surface area (Å²) in [6, 6.07) is 10.3. The first-order valence-electron chi connectivity index (χ1n) is 9.59. The number of carboxylic acids is 1. The van der Waals surface area contributed by atoms with Gasteiger partial charge in [0.1, 0.15) is 5.75 Å². The minimum Gasteiger partial charge on any atom is -0.497 e. The maximum atomic E-state index is 13.1. The van der Waals surface area contributed by atoms with Gasteiger partial charge in [-0.25, -0.2) is 9.79 Å². The van der Waals surface area contributed by atoms with Crippen LogP contribution >= 0.6 is 35.0 Å². The zero-order chi connectivity index (χ0) is 24.0. The molecule has 2 aromatic carbocycles. The smallest absolute Gasteiger partial charge is 0.341 e. The fraction of sp³-hybridized carbons (Fsp3) is 0.227. The van der Waals surface area contributed by atoms with Crippen molar-refractivity contribution in [1.29, 1.82) is 0 Å². The van der Waals surface area contributed by atoms with Crippen LogP contribution in [0.5, 0.6) is 11.5 Å². The lowest BCUT2D eigenvalue weighted by Crippen LogP contribution is -2.32. The van der Waals surface area contributed by atoms with Gasteiger partial charge in [0.15, 0.2) is 17.5 Å². The average molecular weight is 511 g/mol. The summed E-state index contributed by atoms with van der Waals surface area (Å²) in [5, 5.41) is 9.56. The summed E-state index contributed by atoms with van der Waals surface area (Å²) in [6.07, 6.45) is 1.64. The fourth-order valence-electron chi connectivity index (χ4n) is 2.82. The van der Waals surface area contributed by atoms with Crippen molar-refractivity contribution in [3.05, 3.63) is 56.9 Å². The highest BCUT2D eigenvalue weighted by atomic mass is 35.5. The molecule has 1 amide bonds. The number of carbonyl (C=O) groups excluding carboxylic acids is 1. The van der Waals surface area contributed by atoms with Gasteiger partial charge in [-0.1, -0.05) is 23.2 Å². The van der Waals surface area contributed by atoms with Crippen molar-refractivity contribution in [3.8, 4) is 11.5 Å². The van der Waals surface area contributed by atoms with Crippen LogP contribution in [0.2, 0.25) is 10.0 Å². The third kappa shape index (κ3) is 6.42. The van der Waals surface area contributed by atoms with E-state index < -0.39 is 12.6 Å². The summed E-state index contributed by atoms with van der Waals surface area (Å²) in [5.41, 5.74) is 1.22. The van der Waals surface area contributed by atoms with Crippen molar-refractivity contribution in [1.82, 2.24) is 4.90 Å². The van der Waals surface area contributed by atoms with Gasteiger partial charge < -0.3 is 19.3 Å². The molecule has 1 aliphatic heterocycles. The molecule has 1 aliphatic rings. The second-order valence-corrected chi connectivity index (χ2v) is 8.47. The Morgan fingerprint density at radius 3 is 2.42 bits per heavy atom. The van der Waals surface area contributed by atoms with E-state index in [0.29, 0.717) is 40.2 Å². The van der Waals surface area contributed by atoms with E-state index in [2.05, 4.69) is 4.99 Å². The van der Waals surface area contributed by atoms with Crippen molar-refractivity contribution < 1.29 is 28.9 Å². The Labute approximate surface area is 204 Å². The molecule has 1 saturated heterocycles. The first-order chi connectivity index (χ1) is 15.8. The summed E-state index contributed by atoms with van der Waals surface area (Å²) in [4.78, 5) is 30.4. The van der Waals surface area contributed by atoms with Crippen LogP contribution < -0.4 is 9.47 Å². The van der Waals surface area contributed by atoms with Gasteiger partial charge in [0.25, 0.3) is 5.91 Å². The maximum absolute atomic E-state index is 13.1. The van der Waals surface area contributed by atoms with E-state index in [9.17, 15) is 9.59 Å². The van der Waals surface area contributed by atoms with Gasteiger partial charge in [-0.3, -0.25) is 9.69 Å². The molecule has 1 N–H and O–H groups in total. The Bertz CT molecular complexity index is 1080. The van der Waals surface area contributed by atoms with Crippen LogP contribution in [0, 0.1) is 0 Å². The number of hydrogen-bond acceptors (Lipinski definition) is 7. The molecule has 174 valence electrons. The average Bonchev–Trinajstić information content (AvgIpc) is 3.05. The van der Waals surface area contributed by atoms with Crippen LogP contribution in [0.3, 0.4) is 0 Å². The number of thioether (sulfide) groups is 1. The van der Waals surface area contributed by atoms with E-state index in [4.69, 9.17) is 42.5 Å². The van der Waals surface area contributed by atoms with E-state index in [-0.39, 0.29) is 21.7 Å². The quantitative estimate of drug-likeness (QED) is 0.487. The lowest BCUT2D eigenvalue weighted by atomic mass is 10.2. The number of amidine groups is 1. The Morgan fingerprint density at radius 2 is 1.85 bits per heavy atom. The van der Waals surface area contributed by atoms with Crippen LogP contribution in [0.15, 0.2) is 46.3 Å². The number of halogens is 2. The molecule has 8 nitrogen and oxygen atoms in total. The first-order valence-corrected chi connectivity index (χ1v) is 11.2. The fourth-order valence-corrected chi connectivity index (χ4v) is 4.46. The number of hydrogen-bond donors (Lipinski definition) is 1. The molecule has 0 atom stereocenters. The zero-order valence-electron chi connectivity index (χ0n) is 17.7. The van der Waals surface area contributed by atoms with Gasteiger partial charge in [-0.2, -0.15) is 0 Å². The maximum Gasteiger partial charge on any atom is 0.341 e.